The van der Waals surface area contributed by atoms with Crippen LogP contribution < -0.4 is 15.5 Å². The number of halogens is 1. The Labute approximate surface area is 201 Å². The number of rotatable bonds is 7. The number of hydrogen-bond donors (Lipinski definition) is 4. The predicted molar refractivity (Wildman–Crippen MR) is 130 cm³/mol. The summed E-state index contributed by atoms with van der Waals surface area (Å²) in [7, 11) is 1.72. The van der Waals surface area contributed by atoms with Crippen LogP contribution in [0.2, 0.25) is 0 Å². The number of amidine groups is 1. The Morgan fingerprint density at radius 2 is 2.11 bits per heavy atom. The largest absolute Gasteiger partial charge is 0.385 e. The highest BCUT2D eigenvalue weighted by molar-refractivity contribution is 6.08. The molecular weight excluding hydrogens is 449 g/mol. The van der Waals surface area contributed by atoms with Gasteiger partial charge in [0.15, 0.2) is 12.1 Å². The lowest BCUT2D eigenvalue weighted by atomic mass is 10.0. The van der Waals surface area contributed by atoms with Crippen molar-refractivity contribution in [2.75, 3.05) is 18.5 Å². The molecule has 10 heteroatoms. The molecule has 5 rings (SSSR count). The van der Waals surface area contributed by atoms with E-state index in [0.29, 0.717) is 42.0 Å². The average molecular weight is 474 g/mol. The minimum Gasteiger partial charge on any atom is -0.385 e. The number of nitrogens with zero attached hydrogens (tertiary/aromatic N) is 3. The van der Waals surface area contributed by atoms with Crippen LogP contribution in [-0.2, 0) is 6.42 Å². The third-order valence-electron chi connectivity index (χ3n) is 6.11. The van der Waals surface area contributed by atoms with Crippen LogP contribution >= 0.6 is 0 Å². The van der Waals surface area contributed by atoms with Crippen molar-refractivity contribution in [1.82, 2.24) is 25.6 Å². The molecular formula is C25H24FN7O2. The van der Waals surface area contributed by atoms with E-state index in [-0.39, 0.29) is 29.0 Å². The third kappa shape index (κ3) is 4.42. The smallest absolute Gasteiger partial charge is 0.269 e. The van der Waals surface area contributed by atoms with Crippen molar-refractivity contribution in [3.63, 3.8) is 0 Å². The van der Waals surface area contributed by atoms with Crippen molar-refractivity contribution in [1.29, 1.82) is 5.41 Å². The fourth-order valence-corrected chi connectivity index (χ4v) is 4.16. The number of nitrogens with one attached hydrogen (secondary N) is 4. The van der Waals surface area contributed by atoms with Gasteiger partial charge in [0.2, 0.25) is 0 Å². The second kappa shape index (κ2) is 9.13. The zero-order chi connectivity index (χ0) is 24.5. The quantitative estimate of drug-likeness (QED) is 0.237. The molecule has 0 unspecified atom stereocenters. The number of imidazole rings is 1. The average Bonchev–Trinajstić information content (AvgIpc) is 3.36. The summed E-state index contributed by atoms with van der Waals surface area (Å²) in [6.45, 7) is 0.542. The number of carbonyl (C=O) groups excluding carboxylic acids is 2. The van der Waals surface area contributed by atoms with Crippen molar-refractivity contribution < 1.29 is 14.0 Å². The fourth-order valence-electron chi connectivity index (χ4n) is 4.16. The number of carbonyl (C=O) groups is 2. The molecule has 4 N–H and O–H groups in total. The molecule has 0 radical (unpaired) electrons. The Morgan fingerprint density at radius 1 is 1.29 bits per heavy atom. The van der Waals surface area contributed by atoms with Crippen LogP contribution in [0.25, 0.3) is 17.0 Å². The Morgan fingerprint density at radius 3 is 2.83 bits per heavy atom. The van der Waals surface area contributed by atoms with Crippen LogP contribution in [0.4, 0.5) is 10.1 Å². The lowest BCUT2D eigenvalue weighted by Crippen LogP contribution is -2.27. The maximum absolute atomic E-state index is 14.7. The van der Waals surface area contributed by atoms with Gasteiger partial charge in [-0.3, -0.25) is 20.0 Å². The van der Waals surface area contributed by atoms with Gasteiger partial charge in [0.05, 0.1) is 11.9 Å². The number of anilines is 1. The SMILES string of the molecule is CN/C(=C/C(=N)N1CCc2c(-c3ncc(C=O)cc3F)cccc21)c1ncc(C(=O)NC2CC2)[nH]1. The van der Waals surface area contributed by atoms with Gasteiger partial charge in [-0.2, -0.15) is 0 Å². The van der Waals surface area contributed by atoms with E-state index in [1.54, 1.807) is 25.3 Å². The highest BCUT2D eigenvalue weighted by Gasteiger charge is 2.27. The molecule has 0 spiro atoms. The van der Waals surface area contributed by atoms with Crippen LogP contribution in [-0.4, -0.2) is 52.6 Å². The summed E-state index contributed by atoms with van der Waals surface area (Å²) in [6.07, 6.45) is 7.64. The first kappa shape index (κ1) is 22.5. The normalized spacial score (nSPS) is 15.0. The van der Waals surface area contributed by atoms with E-state index in [0.717, 1.165) is 24.1 Å². The van der Waals surface area contributed by atoms with Crippen molar-refractivity contribution in [2.45, 2.75) is 25.3 Å². The van der Waals surface area contributed by atoms with E-state index in [9.17, 15) is 14.0 Å². The molecule has 1 aliphatic carbocycles. The lowest BCUT2D eigenvalue weighted by molar-refractivity contribution is 0.0946. The van der Waals surface area contributed by atoms with Gasteiger partial charge in [-0.25, -0.2) is 9.37 Å². The van der Waals surface area contributed by atoms with Gasteiger partial charge >= 0.3 is 0 Å². The summed E-state index contributed by atoms with van der Waals surface area (Å²) >= 11 is 0. The van der Waals surface area contributed by atoms with E-state index < -0.39 is 5.82 Å². The van der Waals surface area contributed by atoms with E-state index in [2.05, 4.69) is 25.6 Å². The second-order valence-electron chi connectivity index (χ2n) is 8.51. The fraction of sp³-hybridized carbons (Fsp3) is 0.240. The van der Waals surface area contributed by atoms with Crippen molar-refractivity contribution in [3.05, 3.63) is 71.2 Å². The van der Waals surface area contributed by atoms with E-state index in [1.165, 1.54) is 18.5 Å². The maximum Gasteiger partial charge on any atom is 0.269 e. The predicted octanol–water partition coefficient (Wildman–Crippen LogP) is 2.92. The number of fused-ring (bicyclic) bond motifs is 1. The van der Waals surface area contributed by atoms with Gasteiger partial charge in [-0.1, -0.05) is 12.1 Å². The molecule has 1 saturated carbocycles. The van der Waals surface area contributed by atoms with Crippen LogP contribution in [0.1, 0.15) is 45.1 Å². The standard InChI is InChI=1S/C25H24FN7O2/c1-28-19(24-30-12-20(32-24)25(35)31-15-5-6-15)10-22(27)33-8-7-16-17(3-2-4-21(16)33)23-18(26)9-14(13-34)11-29-23/h2-4,9-13,15,27-28H,5-8H2,1H3,(H,30,32)(H,31,35)/b19-10+,27-22?. The molecule has 2 aliphatic rings. The summed E-state index contributed by atoms with van der Waals surface area (Å²) in [5.74, 6) is -0.0868. The molecule has 3 heterocycles. The van der Waals surface area contributed by atoms with Crippen molar-refractivity contribution in [2.24, 2.45) is 0 Å². The molecule has 35 heavy (non-hydrogen) atoms. The van der Waals surface area contributed by atoms with Crippen molar-refractivity contribution >= 4 is 29.4 Å². The number of aromatic nitrogens is 3. The summed E-state index contributed by atoms with van der Waals surface area (Å²) in [6, 6.07) is 6.90. The number of aromatic amines is 1. The highest BCUT2D eigenvalue weighted by Crippen LogP contribution is 2.36. The molecule has 1 aliphatic heterocycles. The first-order chi connectivity index (χ1) is 17.0. The highest BCUT2D eigenvalue weighted by atomic mass is 19.1. The topological polar surface area (TPSA) is 127 Å². The van der Waals surface area contributed by atoms with Crippen LogP contribution in [0, 0.1) is 11.2 Å². The van der Waals surface area contributed by atoms with Gasteiger partial charge in [-0.15, -0.1) is 0 Å². The number of amides is 1. The third-order valence-corrected chi connectivity index (χ3v) is 6.11. The van der Waals surface area contributed by atoms with Crippen LogP contribution in [0.15, 0.2) is 42.7 Å². The molecule has 0 bridgehead atoms. The van der Waals surface area contributed by atoms with Gasteiger partial charge in [0.25, 0.3) is 5.91 Å². The molecule has 0 atom stereocenters. The zero-order valence-corrected chi connectivity index (χ0v) is 19.1. The Hall–Kier alpha value is -4.34. The van der Waals surface area contributed by atoms with Crippen LogP contribution in [0.3, 0.4) is 0 Å². The summed E-state index contributed by atoms with van der Waals surface area (Å²) in [5.41, 5.74) is 3.61. The first-order valence-corrected chi connectivity index (χ1v) is 11.3. The molecule has 2 aromatic heterocycles. The second-order valence-corrected chi connectivity index (χ2v) is 8.51. The van der Waals surface area contributed by atoms with Gasteiger partial charge in [0.1, 0.15) is 23.0 Å². The zero-order valence-electron chi connectivity index (χ0n) is 19.1. The molecule has 178 valence electrons. The number of benzene rings is 1. The van der Waals surface area contributed by atoms with Crippen LogP contribution in [0.5, 0.6) is 0 Å². The number of H-pyrrole nitrogens is 1. The molecule has 1 aromatic carbocycles. The van der Waals surface area contributed by atoms with Gasteiger partial charge < -0.3 is 20.5 Å². The number of pyridine rings is 1. The Kier molecular flexibility index (Phi) is 5.86. The first-order valence-electron chi connectivity index (χ1n) is 11.3. The molecule has 0 saturated heterocycles. The lowest BCUT2D eigenvalue weighted by Gasteiger charge is -2.19. The summed E-state index contributed by atoms with van der Waals surface area (Å²) < 4.78 is 14.7. The molecule has 1 fully saturated rings. The number of aldehydes is 1. The Balaban J connectivity index is 1.40. The summed E-state index contributed by atoms with van der Waals surface area (Å²) in [5, 5.41) is 14.7. The maximum atomic E-state index is 14.7. The van der Waals surface area contributed by atoms with Gasteiger partial charge in [-0.05, 0) is 37.0 Å². The monoisotopic (exact) mass is 473 g/mol. The molecule has 1 amide bonds. The minimum absolute atomic E-state index is 0.179. The Bertz CT molecular complexity index is 1360. The molecule has 9 nitrogen and oxygen atoms in total. The summed E-state index contributed by atoms with van der Waals surface area (Å²) in [4.78, 5) is 36.5. The minimum atomic E-state index is -0.562. The van der Waals surface area contributed by atoms with E-state index >= 15 is 0 Å². The van der Waals surface area contributed by atoms with Gasteiger partial charge in [0, 0.05) is 48.7 Å². The van der Waals surface area contributed by atoms with E-state index in [1.807, 2.05) is 11.0 Å². The van der Waals surface area contributed by atoms with Crippen molar-refractivity contribution in [3.8, 4) is 11.3 Å². The molecule has 3 aromatic rings. The number of hydrogen-bond acceptors (Lipinski definition) is 6. The van der Waals surface area contributed by atoms with E-state index in [4.69, 9.17) is 5.41 Å².